The topological polar surface area (TPSA) is 42.4 Å². The van der Waals surface area contributed by atoms with Crippen LogP contribution in [-0.2, 0) is 11.2 Å². The number of allylic oxidation sites excluding steroid dienone is 3. The molecule has 3 rings (SSSR count). The molecule has 1 aromatic carbocycles. The molecule has 6 heteroatoms. The van der Waals surface area contributed by atoms with E-state index in [1.54, 1.807) is 25.4 Å². The maximum Gasteiger partial charge on any atom is 0.419 e. The van der Waals surface area contributed by atoms with Crippen LogP contribution in [0.5, 0.6) is 0 Å². The van der Waals surface area contributed by atoms with Crippen molar-refractivity contribution in [3.63, 3.8) is 0 Å². The van der Waals surface area contributed by atoms with Gasteiger partial charge >= 0.3 is 6.09 Å². The molecule has 0 N–H and O–H groups in total. The van der Waals surface area contributed by atoms with Crippen LogP contribution in [0.25, 0.3) is 5.76 Å². The van der Waals surface area contributed by atoms with Gasteiger partial charge in [0, 0.05) is 30.4 Å². The lowest BCUT2D eigenvalue weighted by molar-refractivity contribution is 0.200. The number of para-hydroxylation sites is 1. The smallest absolute Gasteiger partial charge is 0.406 e. The zero-order valence-electron chi connectivity index (χ0n) is 12.9. The maximum atomic E-state index is 12.5. The average molecular weight is 361 g/mol. The van der Waals surface area contributed by atoms with Crippen LogP contribution in [0, 0.1) is 0 Å². The van der Waals surface area contributed by atoms with E-state index < -0.39 is 6.09 Å². The van der Waals surface area contributed by atoms with E-state index in [2.05, 4.69) is 4.98 Å². The molecule has 0 unspecified atom stereocenters. The third-order valence-corrected chi connectivity index (χ3v) is 4.10. The van der Waals surface area contributed by atoms with Gasteiger partial charge in [-0.15, -0.1) is 0 Å². The number of rotatable bonds is 2. The van der Waals surface area contributed by atoms with Gasteiger partial charge in [0.05, 0.1) is 5.03 Å². The van der Waals surface area contributed by atoms with Crippen molar-refractivity contribution in [1.82, 2.24) is 4.98 Å². The van der Waals surface area contributed by atoms with Crippen molar-refractivity contribution in [3.8, 4) is 0 Å². The van der Waals surface area contributed by atoms with Crippen LogP contribution in [0.2, 0.25) is 0 Å². The predicted octanol–water partition coefficient (Wildman–Crippen LogP) is 4.94. The van der Waals surface area contributed by atoms with Crippen molar-refractivity contribution in [2.75, 3.05) is 11.9 Å². The Kier molecular flexibility index (Phi) is 4.88. The highest BCUT2D eigenvalue weighted by Gasteiger charge is 2.23. The molecule has 1 aliphatic carbocycles. The second-order valence-electron chi connectivity index (χ2n) is 5.22. The average Bonchev–Trinajstić information content (AvgIpc) is 2.71. The van der Waals surface area contributed by atoms with E-state index in [1.165, 1.54) is 4.90 Å². The number of ether oxygens (including phenoxy) is 1. The summed E-state index contributed by atoms with van der Waals surface area (Å²) >= 11 is 12.5. The Bertz CT molecular complexity index is 832. The van der Waals surface area contributed by atoms with Gasteiger partial charge in [-0.25, -0.2) is 4.79 Å². The second-order valence-corrected chi connectivity index (χ2v) is 6.11. The van der Waals surface area contributed by atoms with Crippen LogP contribution in [0.1, 0.15) is 11.3 Å². The number of aromatic nitrogens is 1. The number of anilines is 1. The Morgan fingerprint density at radius 3 is 2.67 bits per heavy atom. The summed E-state index contributed by atoms with van der Waals surface area (Å²) in [6.07, 6.45) is 3.13. The van der Waals surface area contributed by atoms with Gasteiger partial charge in [0.2, 0.25) is 0 Å². The van der Waals surface area contributed by atoms with E-state index in [-0.39, 0.29) is 10.8 Å². The summed E-state index contributed by atoms with van der Waals surface area (Å²) in [5, 5.41) is 0.795. The van der Waals surface area contributed by atoms with E-state index in [1.807, 2.05) is 36.4 Å². The van der Waals surface area contributed by atoms with E-state index in [4.69, 9.17) is 27.9 Å². The summed E-state index contributed by atoms with van der Waals surface area (Å²) in [4.78, 5) is 18.2. The summed E-state index contributed by atoms with van der Waals surface area (Å²) in [5.74, 6) is 0.204. The zero-order chi connectivity index (χ0) is 17.1. The molecule has 1 aromatic heterocycles. The van der Waals surface area contributed by atoms with Gasteiger partial charge in [0.15, 0.2) is 5.76 Å². The molecule has 0 saturated carbocycles. The van der Waals surface area contributed by atoms with E-state index in [0.29, 0.717) is 22.8 Å². The third-order valence-electron chi connectivity index (χ3n) is 3.57. The van der Waals surface area contributed by atoms with Gasteiger partial charge in [-0.05, 0) is 29.8 Å². The monoisotopic (exact) mass is 360 g/mol. The number of benzene rings is 1. The van der Waals surface area contributed by atoms with Crippen LogP contribution in [0.3, 0.4) is 0 Å². The number of amides is 1. The van der Waals surface area contributed by atoms with Crippen LogP contribution < -0.4 is 4.90 Å². The summed E-state index contributed by atoms with van der Waals surface area (Å²) in [5.41, 5.74) is 2.08. The molecule has 1 heterocycles. The number of fused-ring (bicyclic) bond motifs is 1. The molecule has 4 nitrogen and oxygen atoms in total. The van der Waals surface area contributed by atoms with E-state index >= 15 is 0 Å². The minimum absolute atomic E-state index is 0.204. The first-order valence-electron chi connectivity index (χ1n) is 7.27. The largest absolute Gasteiger partial charge is 0.419 e. The number of hydrogen-bond donors (Lipinski definition) is 0. The fraction of sp³-hybridized carbons (Fsp3) is 0.111. The normalized spacial score (nSPS) is 13.7. The molecule has 0 fully saturated rings. The maximum absolute atomic E-state index is 12.5. The number of pyridine rings is 1. The molecule has 122 valence electrons. The van der Waals surface area contributed by atoms with Gasteiger partial charge in [0.1, 0.15) is 5.69 Å². The Morgan fingerprint density at radius 1 is 1.17 bits per heavy atom. The number of carbonyl (C=O) groups is 1. The minimum atomic E-state index is -0.558. The molecule has 0 radical (unpaired) electrons. The van der Waals surface area contributed by atoms with Crippen LogP contribution in [0.4, 0.5) is 10.5 Å². The summed E-state index contributed by atoms with van der Waals surface area (Å²) in [7, 11) is 1.63. The summed E-state index contributed by atoms with van der Waals surface area (Å²) in [6, 6.07) is 12.9. The molecule has 0 aliphatic heterocycles. The first-order chi connectivity index (χ1) is 11.6. The SMILES string of the molecule is CN(C(=O)OC1=C(Cl)C=C(Cl)Cc2cccnc21)c1ccccc1. The van der Waals surface area contributed by atoms with E-state index in [9.17, 15) is 4.79 Å². The van der Waals surface area contributed by atoms with Crippen LogP contribution in [-0.4, -0.2) is 18.1 Å². The highest BCUT2D eigenvalue weighted by Crippen LogP contribution is 2.32. The van der Waals surface area contributed by atoms with Crippen molar-refractivity contribution < 1.29 is 9.53 Å². The van der Waals surface area contributed by atoms with Crippen LogP contribution in [0.15, 0.2) is 64.8 Å². The van der Waals surface area contributed by atoms with Gasteiger partial charge in [-0.1, -0.05) is 47.5 Å². The summed E-state index contributed by atoms with van der Waals surface area (Å²) in [6.45, 7) is 0. The molecule has 1 aliphatic rings. The number of hydrogen-bond acceptors (Lipinski definition) is 3. The van der Waals surface area contributed by atoms with Crippen LogP contribution >= 0.6 is 23.2 Å². The highest BCUT2D eigenvalue weighted by atomic mass is 35.5. The van der Waals surface area contributed by atoms with Crippen molar-refractivity contribution in [3.05, 3.63) is 76.1 Å². The molecule has 0 bridgehead atoms. The fourth-order valence-corrected chi connectivity index (χ4v) is 2.91. The van der Waals surface area contributed by atoms with Gasteiger partial charge < -0.3 is 4.74 Å². The van der Waals surface area contributed by atoms with E-state index in [0.717, 1.165) is 5.56 Å². The van der Waals surface area contributed by atoms with Crippen molar-refractivity contribution in [2.45, 2.75) is 6.42 Å². The fourth-order valence-electron chi connectivity index (χ4n) is 2.34. The predicted molar refractivity (Wildman–Crippen MR) is 96.0 cm³/mol. The third kappa shape index (κ3) is 3.45. The molecule has 0 atom stereocenters. The summed E-state index contributed by atoms with van der Waals surface area (Å²) < 4.78 is 5.54. The number of nitrogens with zero attached hydrogens (tertiary/aromatic N) is 2. The lowest BCUT2D eigenvalue weighted by Gasteiger charge is -2.18. The van der Waals surface area contributed by atoms with Gasteiger partial charge in [-0.3, -0.25) is 9.88 Å². The Morgan fingerprint density at radius 2 is 1.92 bits per heavy atom. The van der Waals surface area contributed by atoms with Crippen molar-refractivity contribution in [1.29, 1.82) is 0 Å². The number of carbonyl (C=O) groups excluding carboxylic acids is 1. The standard InChI is InChI=1S/C18H14Cl2N2O2/c1-22(14-7-3-2-4-8-14)18(23)24-17-15(20)11-13(19)10-12-6-5-9-21-16(12)17/h2-9,11H,10H2,1H3. The highest BCUT2D eigenvalue weighted by molar-refractivity contribution is 6.37. The lowest BCUT2D eigenvalue weighted by Crippen LogP contribution is -2.27. The Hall–Kier alpha value is -2.30. The first kappa shape index (κ1) is 16.6. The molecular formula is C18H14Cl2N2O2. The second kappa shape index (κ2) is 7.07. The van der Waals surface area contributed by atoms with Gasteiger partial charge in [-0.2, -0.15) is 0 Å². The van der Waals surface area contributed by atoms with Crippen molar-refractivity contribution >= 4 is 40.7 Å². The minimum Gasteiger partial charge on any atom is -0.406 e. The van der Waals surface area contributed by atoms with Crippen molar-refractivity contribution in [2.24, 2.45) is 0 Å². The molecule has 0 saturated heterocycles. The van der Waals surface area contributed by atoms with Gasteiger partial charge in [0.25, 0.3) is 0 Å². The molecule has 2 aromatic rings. The Labute approximate surface area is 150 Å². The molecule has 0 spiro atoms. The Balaban J connectivity index is 1.93. The first-order valence-corrected chi connectivity index (χ1v) is 8.02. The lowest BCUT2D eigenvalue weighted by atomic mass is 10.1. The number of halogens is 2. The molecule has 24 heavy (non-hydrogen) atoms. The molecule has 1 amide bonds. The quantitative estimate of drug-likeness (QED) is 0.761. The molecular weight excluding hydrogens is 347 g/mol. The zero-order valence-corrected chi connectivity index (χ0v) is 14.4.